The molecule has 2 aromatic heterocycles. The lowest BCUT2D eigenvalue weighted by atomic mass is 10.2. The fourth-order valence-electron chi connectivity index (χ4n) is 2.93. The van der Waals surface area contributed by atoms with Crippen LogP contribution in [0, 0.1) is 13.8 Å². The van der Waals surface area contributed by atoms with Crippen LogP contribution in [0.1, 0.15) is 17.0 Å². The minimum absolute atomic E-state index is 0.242. The summed E-state index contributed by atoms with van der Waals surface area (Å²) < 4.78 is 4.05. The summed E-state index contributed by atoms with van der Waals surface area (Å²) in [6.45, 7) is 3.84. The standard InChI is InChI=1S/C20H21N5O3/c1-13-11-14(2)25(22-13)17-8-6-5-7-16(17)21-18(26)10-9-15-12-23(3)20(28)24(4)19(15)27/h5-12H,1-4H3,(H,21,26)/b10-9+. The summed E-state index contributed by atoms with van der Waals surface area (Å²) in [5.41, 5.74) is 2.52. The third kappa shape index (κ3) is 3.71. The van der Waals surface area contributed by atoms with E-state index in [4.69, 9.17) is 0 Å². The topological polar surface area (TPSA) is 90.9 Å². The van der Waals surface area contributed by atoms with E-state index in [0.717, 1.165) is 21.6 Å². The second-order valence-electron chi connectivity index (χ2n) is 6.52. The summed E-state index contributed by atoms with van der Waals surface area (Å²) in [5, 5.41) is 7.26. The Balaban J connectivity index is 1.88. The van der Waals surface area contributed by atoms with Crippen LogP contribution >= 0.6 is 0 Å². The van der Waals surface area contributed by atoms with E-state index in [1.54, 1.807) is 17.8 Å². The SMILES string of the molecule is Cc1cc(C)n(-c2ccccc2NC(=O)/C=C/c2cn(C)c(=O)n(C)c2=O)n1. The van der Waals surface area contributed by atoms with Crippen LogP contribution in [0.4, 0.5) is 5.69 Å². The van der Waals surface area contributed by atoms with Gasteiger partial charge in [-0.2, -0.15) is 5.10 Å². The van der Waals surface area contributed by atoms with Crippen molar-refractivity contribution in [2.75, 3.05) is 5.32 Å². The van der Waals surface area contributed by atoms with Crippen molar-refractivity contribution in [1.29, 1.82) is 0 Å². The minimum Gasteiger partial charge on any atom is -0.321 e. The molecular formula is C20H21N5O3. The molecule has 0 unspecified atom stereocenters. The molecule has 3 aromatic rings. The van der Waals surface area contributed by atoms with E-state index in [1.165, 1.54) is 30.0 Å². The van der Waals surface area contributed by atoms with Crippen LogP contribution in [0.15, 0.2) is 52.2 Å². The zero-order valence-corrected chi connectivity index (χ0v) is 16.1. The van der Waals surface area contributed by atoms with Crippen molar-refractivity contribution in [3.63, 3.8) is 0 Å². The molecule has 3 rings (SSSR count). The minimum atomic E-state index is -0.463. The fourth-order valence-corrected chi connectivity index (χ4v) is 2.93. The Morgan fingerprint density at radius 1 is 1.14 bits per heavy atom. The number of para-hydroxylation sites is 2. The van der Waals surface area contributed by atoms with Crippen molar-refractivity contribution >= 4 is 17.7 Å². The molecule has 144 valence electrons. The average Bonchev–Trinajstić information content (AvgIpc) is 3.00. The Morgan fingerprint density at radius 3 is 2.54 bits per heavy atom. The number of amides is 1. The molecule has 0 spiro atoms. The molecule has 0 saturated heterocycles. The van der Waals surface area contributed by atoms with E-state index in [9.17, 15) is 14.4 Å². The first-order chi connectivity index (χ1) is 13.3. The summed E-state index contributed by atoms with van der Waals surface area (Å²) >= 11 is 0. The van der Waals surface area contributed by atoms with Crippen molar-refractivity contribution < 1.29 is 4.79 Å². The third-order valence-corrected chi connectivity index (χ3v) is 4.29. The molecule has 8 nitrogen and oxygen atoms in total. The number of hydrogen-bond donors (Lipinski definition) is 1. The average molecular weight is 379 g/mol. The molecular weight excluding hydrogens is 358 g/mol. The maximum atomic E-state index is 12.4. The Bertz CT molecular complexity index is 1200. The monoisotopic (exact) mass is 379 g/mol. The highest BCUT2D eigenvalue weighted by Gasteiger charge is 2.10. The van der Waals surface area contributed by atoms with Gasteiger partial charge in [-0.15, -0.1) is 0 Å². The summed E-state index contributed by atoms with van der Waals surface area (Å²) in [4.78, 5) is 36.3. The zero-order chi connectivity index (χ0) is 20.4. The maximum Gasteiger partial charge on any atom is 0.330 e. The molecule has 0 aliphatic carbocycles. The van der Waals surface area contributed by atoms with Gasteiger partial charge in [0.2, 0.25) is 5.91 Å². The highest BCUT2D eigenvalue weighted by Crippen LogP contribution is 2.21. The first kappa shape index (κ1) is 19.1. The van der Waals surface area contributed by atoms with Crippen molar-refractivity contribution in [1.82, 2.24) is 18.9 Å². The van der Waals surface area contributed by atoms with Crippen LogP contribution in [-0.4, -0.2) is 24.8 Å². The first-order valence-corrected chi connectivity index (χ1v) is 8.66. The van der Waals surface area contributed by atoms with Crippen LogP contribution < -0.4 is 16.6 Å². The van der Waals surface area contributed by atoms with E-state index in [1.807, 2.05) is 38.1 Å². The summed E-state index contributed by atoms with van der Waals surface area (Å²) in [5.74, 6) is -0.398. The number of carbonyl (C=O) groups excluding carboxylic acids is 1. The number of aromatic nitrogens is 4. The van der Waals surface area contributed by atoms with Gasteiger partial charge >= 0.3 is 5.69 Å². The van der Waals surface area contributed by atoms with Gasteiger partial charge in [0.05, 0.1) is 22.6 Å². The molecule has 0 radical (unpaired) electrons. The van der Waals surface area contributed by atoms with Crippen molar-refractivity contribution in [2.45, 2.75) is 13.8 Å². The van der Waals surface area contributed by atoms with Gasteiger partial charge in [-0.25, -0.2) is 9.48 Å². The van der Waals surface area contributed by atoms with E-state index in [-0.39, 0.29) is 5.56 Å². The number of hydrogen-bond acceptors (Lipinski definition) is 4. The number of rotatable bonds is 4. The van der Waals surface area contributed by atoms with E-state index >= 15 is 0 Å². The van der Waals surface area contributed by atoms with Gasteiger partial charge in [-0.1, -0.05) is 12.1 Å². The second-order valence-corrected chi connectivity index (χ2v) is 6.52. The fraction of sp³-hybridized carbons (Fsp3) is 0.200. The molecule has 1 aromatic carbocycles. The van der Waals surface area contributed by atoms with Crippen LogP contribution in [0.2, 0.25) is 0 Å². The van der Waals surface area contributed by atoms with Gasteiger partial charge < -0.3 is 9.88 Å². The number of benzene rings is 1. The Kier molecular flexibility index (Phi) is 5.12. The lowest BCUT2D eigenvalue weighted by molar-refractivity contribution is -0.111. The molecule has 8 heteroatoms. The highest BCUT2D eigenvalue weighted by atomic mass is 16.2. The quantitative estimate of drug-likeness (QED) is 0.696. The van der Waals surface area contributed by atoms with Crippen molar-refractivity contribution in [3.8, 4) is 5.69 Å². The predicted molar refractivity (Wildman–Crippen MR) is 108 cm³/mol. The van der Waals surface area contributed by atoms with Crippen LogP contribution in [0.5, 0.6) is 0 Å². The van der Waals surface area contributed by atoms with Gasteiger partial charge in [0.15, 0.2) is 0 Å². The van der Waals surface area contributed by atoms with Gasteiger partial charge in [-0.05, 0) is 38.1 Å². The number of nitrogens with one attached hydrogen (secondary N) is 1. The molecule has 0 saturated carbocycles. The van der Waals surface area contributed by atoms with E-state index in [0.29, 0.717) is 5.69 Å². The molecule has 2 heterocycles. The largest absolute Gasteiger partial charge is 0.330 e. The summed E-state index contributed by atoms with van der Waals surface area (Å²) in [6, 6.07) is 9.28. The molecule has 28 heavy (non-hydrogen) atoms. The van der Waals surface area contributed by atoms with E-state index in [2.05, 4.69) is 10.4 Å². The Labute approximate surface area is 161 Å². The molecule has 1 N–H and O–H groups in total. The number of aryl methyl sites for hydroxylation is 3. The molecule has 0 atom stereocenters. The molecule has 1 amide bonds. The van der Waals surface area contributed by atoms with Gasteiger partial charge in [0.25, 0.3) is 5.56 Å². The summed E-state index contributed by atoms with van der Waals surface area (Å²) in [6.07, 6.45) is 4.06. The van der Waals surface area contributed by atoms with Gasteiger partial charge in [-0.3, -0.25) is 14.2 Å². The van der Waals surface area contributed by atoms with Crippen LogP contribution in [0.3, 0.4) is 0 Å². The van der Waals surface area contributed by atoms with Gasteiger partial charge in [0, 0.05) is 32.1 Å². The Morgan fingerprint density at radius 2 is 1.86 bits per heavy atom. The van der Waals surface area contributed by atoms with Crippen molar-refractivity contribution in [3.05, 3.63) is 80.4 Å². The lowest BCUT2D eigenvalue weighted by Gasteiger charge is -2.11. The molecule has 0 bridgehead atoms. The zero-order valence-electron chi connectivity index (χ0n) is 16.1. The van der Waals surface area contributed by atoms with E-state index < -0.39 is 17.2 Å². The van der Waals surface area contributed by atoms with Crippen molar-refractivity contribution in [2.24, 2.45) is 14.1 Å². The molecule has 0 aliphatic heterocycles. The van der Waals surface area contributed by atoms with Gasteiger partial charge in [0.1, 0.15) is 0 Å². The smallest absolute Gasteiger partial charge is 0.321 e. The number of anilines is 1. The lowest BCUT2D eigenvalue weighted by Crippen LogP contribution is -2.37. The number of carbonyl (C=O) groups is 1. The number of nitrogens with zero attached hydrogens (tertiary/aromatic N) is 4. The Hall–Kier alpha value is -3.68. The van der Waals surface area contributed by atoms with Crippen LogP contribution in [0.25, 0.3) is 11.8 Å². The normalized spacial score (nSPS) is 11.1. The third-order valence-electron chi connectivity index (χ3n) is 4.29. The molecule has 0 aliphatic rings. The molecule has 0 fully saturated rings. The highest BCUT2D eigenvalue weighted by molar-refractivity contribution is 6.03. The second kappa shape index (κ2) is 7.51. The first-order valence-electron chi connectivity index (χ1n) is 8.66. The summed E-state index contributed by atoms with van der Waals surface area (Å²) in [7, 11) is 2.94. The maximum absolute atomic E-state index is 12.4. The van der Waals surface area contributed by atoms with Crippen LogP contribution in [-0.2, 0) is 18.9 Å². The predicted octanol–water partition coefficient (Wildman–Crippen LogP) is 1.54.